The van der Waals surface area contributed by atoms with Crippen LogP contribution in [-0.2, 0) is 11.2 Å². The summed E-state index contributed by atoms with van der Waals surface area (Å²) < 4.78 is 10.6. The molecule has 1 heterocycles. The molecule has 2 N–H and O–H groups in total. The third-order valence-corrected chi connectivity index (χ3v) is 4.97. The molecule has 0 radical (unpaired) electrons. The summed E-state index contributed by atoms with van der Waals surface area (Å²) in [6, 6.07) is 5.66. The predicted molar refractivity (Wildman–Crippen MR) is 109 cm³/mol. The summed E-state index contributed by atoms with van der Waals surface area (Å²) in [5.74, 6) is 2.26. The minimum Gasteiger partial charge on any atom is -0.493 e. The first kappa shape index (κ1) is 21.9. The van der Waals surface area contributed by atoms with E-state index in [1.807, 2.05) is 23.1 Å². The maximum atomic E-state index is 12.3. The van der Waals surface area contributed by atoms with Gasteiger partial charge in [-0.1, -0.05) is 19.9 Å². The van der Waals surface area contributed by atoms with E-state index in [9.17, 15) is 9.59 Å². The number of nitrogens with zero attached hydrogens (tertiary/aromatic N) is 1. The zero-order valence-electron chi connectivity index (χ0n) is 17.4. The zero-order chi connectivity index (χ0) is 20.5. The maximum Gasteiger partial charge on any atom is 0.314 e. The fraction of sp³-hybridized carbons (Fsp3) is 0.619. The van der Waals surface area contributed by atoms with Crippen LogP contribution in [0.25, 0.3) is 0 Å². The molecule has 7 heteroatoms. The number of carbonyl (C=O) groups excluding carboxylic acids is 2. The van der Waals surface area contributed by atoms with Crippen molar-refractivity contribution in [3.05, 3.63) is 23.8 Å². The number of nitrogens with one attached hydrogen (secondary N) is 2. The van der Waals surface area contributed by atoms with Crippen molar-refractivity contribution in [1.29, 1.82) is 0 Å². The summed E-state index contributed by atoms with van der Waals surface area (Å²) in [4.78, 5) is 26.0. The molecule has 1 fully saturated rings. The molecular weight excluding hydrogens is 358 g/mol. The molecule has 1 aliphatic rings. The lowest BCUT2D eigenvalue weighted by atomic mass is 10.1. The van der Waals surface area contributed by atoms with Crippen LogP contribution in [0.4, 0.5) is 4.79 Å². The Morgan fingerprint density at radius 3 is 2.64 bits per heavy atom. The SMILES string of the molecule is COc1ccc(CCN2CC(CNC(=O)NCCC(C)C)CC2=O)cc1OC. The molecule has 28 heavy (non-hydrogen) atoms. The van der Waals surface area contributed by atoms with Crippen LogP contribution in [-0.4, -0.2) is 57.2 Å². The lowest BCUT2D eigenvalue weighted by Gasteiger charge is -2.17. The standard InChI is InChI=1S/C21H33N3O4/c1-15(2)7-9-22-21(26)23-13-17-12-20(25)24(14-17)10-8-16-5-6-18(27-3)19(11-16)28-4/h5-6,11,15,17H,7-10,12-14H2,1-4H3,(H2,22,23,26). The van der Waals surface area contributed by atoms with Gasteiger partial charge in [-0.2, -0.15) is 0 Å². The van der Waals surface area contributed by atoms with Crippen LogP contribution in [0.15, 0.2) is 18.2 Å². The number of carbonyl (C=O) groups is 2. The summed E-state index contributed by atoms with van der Waals surface area (Å²) in [5, 5.41) is 5.74. The molecule has 7 nitrogen and oxygen atoms in total. The van der Waals surface area contributed by atoms with Gasteiger partial charge in [0.15, 0.2) is 11.5 Å². The fourth-order valence-corrected chi connectivity index (χ4v) is 3.28. The van der Waals surface area contributed by atoms with Gasteiger partial charge in [0.2, 0.25) is 5.91 Å². The van der Waals surface area contributed by atoms with Gasteiger partial charge in [0.05, 0.1) is 14.2 Å². The molecule has 0 saturated carbocycles. The van der Waals surface area contributed by atoms with Crippen molar-refractivity contribution >= 4 is 11.9 Å². The average Bonchev–Trinajstić information content (AvgIpc) is 3.03. The van der Waals surface area contributed by atoms with E-state index in [4.69, 9.17) is 9.47 Å². The van der Waals surface area contributed by atoms with Gasteiger partial charge in [0, 0.05) is 38.5 Å². The summed E-state index contributed by atoms with van der Waals surface area (Å²) in [6.07, 6.45) is 2.19. The maximum absolute atomic E-state index is 12.3. The van der Waals surface area contributed by atoms with Gasteiger partial charge in [0.1, 0.15) is 0 Å². The van der Waals surface area contributed by atoms with E-state index in [1.165, 1.54) is 0 Å². The van der Waals surface area contributed by atoms with Crippen molar-refractivity contribution in [2.24, 2.45) is 11.8 Å². The number of hydrogen-bond donors (Lipinski definition) is 2. The molecule has 1 atom stereocenters. The highest BCUT2D eigenvalue weighted by molar-refractivity contribution is 5.79. The number of hydrogen-bond acceptors (Lipinski definition) is 4. The second kappa shape index (κ2) is 10.8. The van der Waals surface area contributed by atoms with Crippen molar-refractivity contribution in [2.45, 2.75) is 33.1 Å². The molecule has 0 bridgehead atoms. The minimum absolute atomic E-state index is 0.146. The minimum atomic E-state index is -0.156. The molecule has 1 aliphatic heterocycles. The van der Waals surface area contributed by atoms with Gasteiger partial charge >= 0.3 is 6.03 Å². The Kier molecular flexibility index (Phi) is 8.42. The largest absolute Gasteiger partial charge is 0.493 e. The van der Waals surface area contributed by atoms with Crippen LogP contribution < -0.4 is 20.1 Å². The second-order valence-corrected chi connectivity index (χ2v) is 7.67. The molecule has 1 aromatic carbocycles. The van der Waals surface area contributed by atoms with E-state index in [2.05, 4.69) is 24.5 Å². The smallest absolute Gasteiger partial charge is 0.314 e. The Hall–Kier alpha value is -2.44. The van der Waals surface area contributed by atoms with E-state index in [1.54, 1.807) is 14.2 Å². The molecule has 156 valence electrons. The Balaban J connectivity index is 1.74. The highest BCUT2D eigenvalue weighted by Crippen LogP contribution is 2.28. The van der Waals surface area contributed by atoms with Crippen LogP contribution >= 0.6 is 0 Å². The number of methoxy groups -OCH3 is 2. The third kappa shape index (κ3) is 6.62. The monoisotopic (exact) mass is 391 g/mol. The topological polar surface area (TPSA) is 79.9 Å². The molecule has 0 aromatic heterocycles. The summed E-state index contributed by atoms with van der Waals surface area (Å²) >= 11 is 0. The van der Waals surface area contributed by atoms with Gasteiger partial charge in [-0.15, -0.1) is 0 Å². The zero-order valence-corrected chi connectivity index (χ0v) is 17.4. The van der Waals surface area contributed by atoms with Gasteiger partial charge in [-0.05, 0) is 36.5 Å². The number of likely N-dealkylation sites (tertiary alicyclic amines) is 1. The number of benzene rings is 1. The van der Waals surface area contributed by atoms with Crippen LogP contribution in [0.3, 0.4) is 0 Å². The highest BCUT2D eigenvalue weighted by Gasteiger charge is 2.29. The molecule has 0 spiro atoms. The Labute approximate surface area is 167 Å². The molecule has 1 unspecified atom stereocenters. The van der Waals surface area contributed by atoms with Crippen molar-refractivity contribution < 1.29 is 19.1 Å². The van der Waals surface area contributed by atoms with Crippen molar-refractivity contribution in [1.82, 2.24) is 15.5 Å². The second-order valence-electron chi connectivity index (χ2n) is 7.67. The molecule has 1 saturated heterocycles. The molecule has 3 amide bonds. The van der Waals surface area contributed by atoms with Crippen molar-refractivity contribution in [3.8, 4) is 11.5 Å². The van der Waals surface area contributed by atoms with Gasteiger partial charge in [0.25, 0.3) is 0 Å². The predicted octanol–water partition coefficient (Wildman–Crippen LogP) is 2.44. The first-order valence-corrected chi connectivity index (χ1v) is 9.93. The van der Waals surface area contributed by atoms with Crippen LogP contribution in [0, 0.1) is 11.8 Å². The Bertz CT molecular complexity index is 663. The Morgan fingerprint density at radius 1 is 1.21 bits per heavy atom. The summed E-state index contributed by atoms with van der Waals surface area (Å²) in [5.41, 5.74) is 1.09. The summed E-state index contributed by atoms with van der Waals surface area (Å²) in [7, 11) is 3.22. The van der Waals surface area contributed by atoms with Gasteiger partial charge < -0.3 is 25.0 Å². The number of ether oxygens (including phenoxy) is 2. The van der Waals surface area contributed by atoms with Crippen LogP contribution in [0.5, 0.6) is 11.5 Å². The van der Waals surface area contributed by atoms with E-state index in [0.717, 1.165) is 18.4 Å². The van der Waals surface area contributed by atoms with E-state index >= 15 is 0 Å². The van der Waals surface area contributed by atoms with Crippen molar-refractivity contribution in [3.63, 3.8) is 0 Å². The van der Waals surface area contributed by atoms with Crippen LogP contribution in [0.1, 0.15) is 32.3 Å². The van der Waals surface area contributed by atoms with Gasteiger partial charge in [-0.3, -0.25) is 4.79 Å². The normalized spacial score (nSPS) is 16.4. The van der Waals surface area contributed by atoms with E-state index < -0.39 is 0 Å². The quantitative estimate of drug-likeness (QED) is 0.642. The third-order valence-electron chi connectivity index (χ3n) is 4.97. The lowest BCUT2D eigenvalue weighted by molar-refractivity contribution is -0.127. The van der Waals surface area contributed by atoms with Gasteiger partial charge in [-0.25, -0.2) is 4.79 Å². The number of rotatable bonds is 10. The van der Waals surface area contributed by atoms with Crippen molar-refractivity contribution in [2.75, 3.05) is 40.4 Å². The Morgan fingerprint density at radius 2 is 1.96 bits per heavy atom. The molecule has 0 aliphatic carbocycles. The summed E-state index contributed by atoms with van der Waals surface area (Å²) in [6.45, 7) is 6.78. The molecule has 2 rings (SSSR count). The lowest BCUT2D eigenvalue weighted by Crippen LogP contribution is -2.39. The van der Waals surface area contributed by atoms with E-state index in [0.29, 0.717) is 50.0 Å². The number of amides is 3. The molecule has 1 aromatic rings. The number of urea groups is 1. The first-order chi connectivity index (χ1) is 13.4. The van der Waals surface area contributed by atoms with E-state index in [-0.39, 0.29) is 17.9 Å². The highest BCUT2D eigenvalue weighted by atomic mass is 16.5. The fourth-order valence-electron chi connectivity index (χ4n) is 3.28. The average molecular weight is 392 g/mol. The first-order valence-electron chi connectivity index (χ1n) is 9.93. The molecular formula is C21H33N3O4. The van der Waals surface area contributed by atoms with Crippen LogP contribution in [0.2, 0.25) is 0 Å².